The minimum atomic E-state index is -4.65. The molecular formula is C10H14ClF3N4O2S. The van der Waals surface area contributed by atoms with Crippen LogP contribution in [0.25, 0.3) is 0 Å². The van der Waals surface area contributed by atoms with Gasteiger partial charge in [-0.1, -0.05) is 0 Å². The number of rotatable bonds is 5. The summed E-state index contributed by atoms with van der Waals surface area (Å²) < 4.78 is 62.4. The second-order valence-electron chi connectivity index (χ2n) is 5.02. The third kappa shape index (κ3) is 6.44. The van der Waals surface area contributed by atoms with E-state index in [1.54, 1.807) is 13.8 Å². The molecule has 0 unspecified atom stereocenters. The van der Waals surface area contributed by atoms with E-state index in [2.05, 4.69) is 20.0 Å². The van der Waals surface area contributed by atoms with Crippen LogP contribution in [0.3, 0.4) is 0 Å². The van der Waals surface area contributed by atoms with Gasteiger partial charge in [-0.3, -0.25) is 0 Å². The number of sulfonamides is 1. The van der Waals surface area contributed by atoms with E-state index in [1.165, 1.54) is 0 Å². The molecule has 0 aliphatic rings. The van der Waals surface area contributed by atoms with Gasteiger partial charge in [-0.25, -0.2) is 23.1 Å². The molecule has 0 saturated heterocycles. The molecule has 21 heavy (non-hydrogen) atoms. The zero-order valence-corrected chi connectivity index (χ0v) is 13.0. The van der Waals surface area contributed by atoms with Crippen LogP contribution in [0.4, 0.5) is 19.0 Å². The zero-order chi connectivity index (χ0) is 16.5. The first-order valence-electron chi connectivity index (χ1n) is 5.63. The predicted molar refractivity (Wildman–Crippen MR) is 72.6 cm³/mol. The quantitative estimate of drug-likeness (QED) is 0.795. The second-order valence-corrected chi connectivity index (χ2v) is 7.10. The Hall–Kier alpha value is -1.13. The maximum absolute atomic E-state index is 12.6. The Morgan fingerprint density at radius 1 is 1.29 bits per heavy atom. The van der Waals surface area contributed by atoms with Gasteiger partial charge in [0.15, 0.2) is 5.69 Å². The van der Waals surface area contributed by atoms with E-state index in [1.807, 2.05) is 0 Å². The van der Waals surface area contributed by atoms with Gasteiger partial charge in [0.2, 0.25) is 15.3 Å². The maximum atomic E-state index is 12.6. The van der Waals surface area contributed by atoms with Crippen molar-refractivity contribution in [1.29, 1.82) is 0 Å². The van der Waals surface area contributed by atoms with Gasteiger partial charge in [0.05, 0.1) is 6.26 Å². The van der Waals surface area contributed by atoms with Crippen LogP contribution >= 0.6 is 11.6 Å². The monoisotopic (exact) mass is 346 g/mol. The standard InChI is InChI=1S/C10H14ClF3N4O2S/c1-9(2,18-21(3,19)20)5-15-7-4-6(10(12,13)14)16-8(11)17-7/h4,18H,5H2,1-3H3,(H,15,16,17). The first kappa shape index (κ1) is 17.9. The Labute approximate surface area is 125 Å². The van der Waals surface area contributed by atoms with Crippen molar-refractivity contribution in [2.75, 3.05) is 18.1 Å². The van der Waals surface area contributed by atoms with E-state index in [0.717, 1.165) is 6.26 Å². The Kier molecular flexibility index (Phi) is 5.06. The van der Waals surface area contributed by atoms with Gasteiger partial charge >= 0.3 is 6.18 Å². The predicted octanol–water partition coefficient (Wildman–Crippen LogP) is 1.89. The number of anilines is 1. The summed E-state index contributed by atoms with van der Waals surface area (Å²) in [5, 5.41) is 2.04. The molecule has 1 aromatic heterocycles. The molecule has 0 fully saturated rings. The van der Waals surface area contributed by atoms with Crippen molar-refractivity contribution in [2.24, 2.45) is 0 Å². The molecule has 11 heteroatoms. The van der Waals surface area contributed by atoms with Crippen molar-refractivity contribution in [1.82, 2.24) is 14.7 Å². The summed E-state index contributed by atoms with van der Waals surface area (Å²) in [4.78, 5) is 6.70. The Balaban J connectivity index is 2.87. The molecule has 2 N–H and O–H groups in total. The molecule has 6 nitrogen and oxygen atoms in total. The van der Waals surface area contributed by atoms with Crippen molar-refractivity contribution in [3.63, 3.8) is 0 Å². The molecule has 0 aliphatic heterocycles. The highest BCUT2D eigenvalue weighted by Gasteiger charge is 2.33. The average Bonchev–Trinajstić information content (AvgIpc) is 2.21. The van der Waals surface area contributed by atoms with Crippen LogP contribution in [0, 0.1) is 0 Å². The average molecular weight is 347 g/mol. The van der Waals surface area contributed by atoms with Gasteiger partial charge in [0.1, 0.15) is 5.82 Å². The smallest absolute Gasteiger partial charge is 0.368 e. The van der Waals surface area contributed by atoms with Crippen LogP contribution in [0.2, 0.25) is 5.28 Å². The van der Waals surface area contributed by atoms with E-state index in [4.69, 9.17) is 11.6 Å². The fourth-order valence-electron chi connectivity index (χ4n) is 1.50. The molecule has 120 valence electrons. The SMILES string of the molecule is CC(C)(CNc1cc(C(F)(F)F)nc(Cl)n1)NS(C)(=O)=O. The second kappa shape index (κ2) is 5.93. The molecule has 1 rings (SSSR count). The largest absolute Gasteiger partial charge is 0.433 e. The summed E-state index contributed by atoms with van der Waals surface area (Å²) in [5.74, 6) is -0.147. The summed E-state index contributed by atoms with van der Waals surface area (Å²) >= 11 is 5.44. The summed E-state index contributed by atoms with van der Waals surface area (Å²) in [7, 11) is -3.45. The number of nitrogens with one attached hydrogen (secondary N) is 2. The lowest BCUT2D eigenvalue weighted by Crippen LogP contribution is -2.47. The van der Waals surface area contributed by atoms with E-state index in [0.29, 0.717) is 6.07 Å². The molecule has 0 saturated carbocycles. The highest BCUT2D eigenvalue weighted by atomic mass is 35.5. The summed E-state index contributed by atoms with van der Waals surface area (Å²) in [6.45, 7) is 3.13. The summed E-state index contributed by atoms with van der Waals surface area (Å²) in [6.07, 6.45) is -3.67. The molecule has 0 radical (unpaired) electrons. The fourth-order valence-corrected chi connectivity index (χ4v) is 2.76. The first-order valence-corrected chi connectivity index (χ1v) is 7.90. The van der Waals surface area contributed by atoms with E-state index < -0.39 is 32.7 Å². The molecule has 1 aromatic rings. The molecule has 0 aliphatic carbocycles. The molecule has 1 heterocycles. The normalized spacial score (nSPS) is 13.3. The Morgan fingerprint density at radius 2 is 1.86 bits per heavy atom. The highest BCUT2D eigenvalue weighted by molar-refractivity contribution is 7.88. The van der Waals surface area contributed by atoms with Gasteiger partial charge in [-0.2, -0.15) is 13.2 Å². The van der Waals surface area contributed by atoms with Crippen molar-refractivity contribution < 1.29 is 21.6 Å². The lowest BCUT2D eigenvalue weighted by atomic mass is 10.1. The van der Waals surface area contributed by atoms with Gasteiger partial charge in [-0.15, -0.1) is 0 Å². The van der Waals surface area contributed by atoms with Crippen molar-refractivity contribution in [3.05, 3.63) is 17.0 Å². The Morgan fingerprint density at radius 3 is 2.33 bits per heavy atom. The first-order chi connectivity index (χ1) is 9.28. The Bertz CT molecular complexity index is 619. The van der Waals surface area contributed by atoms with E-state index in [9.17, 15) is 21.6 Å². The summed E-state index contributed by atoms with van der Waals surface area (Å²) in [6, 6.07) is 0.697. The van der Waals surface area contributed by atoms with E-state index >= 15 is 0 Å². The number of aromatic nitrogens is 2. The molecular weight excluding hydrogens is 333 g/mol. The zero-order valence-electron chi connectivity index (χ0n) is 11.4. The van der Waals surface area contributed by atoms with E-state index in [-0.39, 0.29) is 12.4 Å². The van der Waals surface area contributed by atoms with Crippen LogP contribution in [-0.2, 0) is 16.2 Å². The van der Waals surface area contributed by atoms with Crippen molar-refractivity contribution >= 4 is 27.4 Å². The van der Waals surface area contributed by atoms with Crippen LogP contribution in [-0.4, -0.2) is 36.7 Å². The molecule has 0 amide bonds. The fraction of sp³-hybridized carbons (Fsp3) is 0.600. The lowest BCUT2D eigenvalue weighted by molar-refractivity contribution is -0.141. The molecule has 0 bridgehead atoms. The number of nitrogens with zero attached hydrogens (tertiary/aromatic N) is 2. The number of hydrogen-bond acceptors (Lipinski definition) is 5. The van der Waals surface area contributed by atoms with Gasteiger partial charge < -0.3 is 5.32 Å². The van der Waals surface area contributed by atoms with Gasteiger partial charge in [0.25, 0.3) is 0 Å². The third-order valence-corrected chi connectivity index (χ3v) is 3.25. The van der Waals surface area contributed by atoms with Crippen LogP contribution in [0.15, 0.2) is 6.07 Å². The van der Waals surface area contributed by atoms with Crippen molar-refractivity contribution in [3.8, 4) is 0 Å². The lowest BCUT2D eigenvalue weighted by Gasteiger charge is -2.25. The topological polar surface area (TPSA) is 84.0 Å². The van der Waals surface area contributed by atoms with Gasteiger partial charge in [0, 0.05) is 18.2 Å². The third-order valence-electron chi connectivity index (χ3n) is 2.16. The van der Waals surface area contributed by atoms with Crippen LogP contribution < -0.4 is 10.0 Å². The van der Waals surface area contributed by atoms with Gasteiger partial charge in [-0.05, 0) is 25.4 Å². The van der Waals surface area contributed by atoms with Crippen LogP contribution in [0.1, 0.15) is 19.5 Å². The maximum Gasteiger partial charge on any atom is 0.433 e. The molecule has 0 atom stereocenters. The van der Waals surface area contributed by atoms with Crippen LogP contribution in [0.5, 0.6) is 0 Å². The molecule has 0 spiro atoms. The summed E-state index contributed by atoms with van der Waals surface area (Å²) in [5.41, 5.74) is -2.11. The number of hydrogen-bond donors (Lipinski definition) is 2. The highest BCUT2D eigenvalue weighted by Crippen LogP contribution is 2.29. The van der Waals surface area contributed by atoms with Crippen molar-refractivity contribution in [2.45, 2.75) is 25.6 Å². The number of alkyl halides is 3. The molecule has 0 aromatic carbocycles. The number of halogens is 4. The minimum absolute atomic E-state index is 0.00467. The minimum Gasteiger partial charge on any atom is -0.368 e.